The maximum Gasteiger partial charge on any atom is 0.472 e. The van der Waals surface area contributed by atoms with Gasteiger partial charge in [0.05, 0.1) is 13.2 Å². The Balaban J connectivity index is 3.83. The number of carbonyl (C=O) groups is 3. The van der Waals surface area contributed by atoms with Crippen LogP contribution in [0.2, 0.25) is 0 Å². The number of aliphatic hydroxyl groups is 1. The number of esters is 1. The molecule has 4 N–H and O–H groups in total. The molecule has 3 unspecified atom stereocenters. The van der Waals surface area contributed by atoms with E-state index < -0.39 is 57.6 Å². The highest BCUT2D eigenvalue weighted by molar-refractivity contribution is 7.47. The van der Waals surface area contributed by atoms with Crippen LogP contribution in [0, 0.1) is 0 Å². The second kappa shape index (κ2) is 48.6. The van der Waals surface area contributed by atoms with E-state index in [0.29, 0.717) is 12.8 Å². The lowest BCUT2D eigenvalue weighted by atomic mass is 10.0. The monoisotopic (exact) mass is 950 g/mol. The topological polar surface area (TPSA) is 169 Å². The Kier molecular flexibility index (Phi) is 46.6. The van der Waals surface area contributed by atoms with E-state index in [2.05, 4.69) is 79.9 Å². The third-order valence-electron chi connectivity index (χ3n) is 11.3. The summed E-state index contributed by atoms with van der Waals surface area (Å²) in [6.45, 7) is 2.49. The number of nitrogens with one attached hydrogen (secondary N) is 1. The number of carboxylic acid groups (broad SMARTS) is 1. The molecule has 0 aliphatic rings. The largest absolute Gasteiger partial charge is 0.480 e. The number of rotatable bonds is 49. The van der Waals surface area contributed by atoms with Crippen molar-refractivity contribution in [3.63, 3.8) is 0 Å². The third kappa shape index (κ3) is 47.7. The molecule has 0 aromatic heterocycles. The highest BCUT2D eigenvalue weighted by Crippen LogP contribution is 2.43. The molecule has 0 saturated carbocycles. The zero-order valence-corrected chi connectivity index (χ0v) is 42.6. The van der Waals surface area contributed by atoms with Gasteiger partial charge in [-0.1, -0.05) is 222 Å². The van der Waals surface area contributed by atoms with E-state index in [4.69, 9.17) is 13.8 Å². The quantitative estimate of drug-likeness (QED) is 0.0199. The molecule has 11 nitrogen and oxygen atoms in total. The molecule has 0 bridgehead atoms. The van der Waals surface area contributed by atoms with E-state index in [0.717, 1.165) is 70.6 Å². The molecule has 0 spiro atoms. The number of unbranched alkanes of at least 4 members (excludes halogenated alkanes) is 25. The van der Waals surface area contributed by atoms with Crippen molar-refractivity contribution in [2.75, 3.05) is 19.8 Å². The van der Waals surface area contributed by atoms with Gasteiger partial charge in [-0.2, -0.15) is 0 Å². The predicted octanol–water partition coefficient (Wildman–Crippen LogP) is 14.7. The van der Waals surface area contributed by atoms with Gasteiger partial charge >= 0.3 is 19.8 Å². The number of hydrogen-bond donors (Lipinski definition) is 4. The molecule has 0 aromatic rings. The summed E-state index contributed by atoms with van der Waals surface area (Å²) in [5.41, 5.74) is 0. The van der Waals surface area contributed by atoms with Gasteiger partial charge in [0, 0.05) is 12.8 Å². The summed E-state index contributed by atoms with van der Waals surface area (Å²) >= 11 is 0. The van der Waals surface area contributed by atoms with Crippen LogP contribution < -0.4 is 5.32 Å². The van der Waals surface area contributed by atoms with Crippen LogP contribution in [-0.2, 0) is 32.7 Å². The van der Waals surface area contributed by atoms with Gasteiger partial charge in [-0.25, -0.2) is 9.36 Å². The SMILES string of the molecule is CC/C=C\C/C=C\C/C=C\C/C=C\C/C=C\CCCCCC(=O)NC(COP(=O)(O)OCC(O)COC(=O)CCCCCCCCCCCCCCCCCCCCCCCCC)C(=O)O. The van der Waals surface area contributed by atoms with E-state index in [1.54, 1.807) is 0 Å². The Labute approximate surface area is 402 Å². The first-order valence-electron chi connectivity index (χ1n) is 26.3. The van der Waals surface area contributed by atoms with Crippen LogP contribution in [0.1, 0.15) is 232 Å². The summed E-state index contributed by atoms with van der Waals surface area (Å²) in [6.07, 6.45) is 58.2. The predicted molar refractivity (Wildman–Crippen MR) is 272 cm³/mol. The van der Waals surface area contributed by atoms with Crippen molar-refractivity contribution in [2.24, 2.45) is 0 Å². The summed E-state index contributed by atoms with van der Waals surface area (Å²) < 4.78 is 27.0. The van der Waals surface area contributed by atoms with Crippen LogP contribution in [0.15, 0.2) is 60.8 Å². The molecule has 3 atom stereocenters. The molecule has 382 valence electrons. The number of hydrogen-bond acceptors (Lipinski definition) is 8. The van der Waals surface area contributed by atoms with Crippen LogP contribution in [-0.4, -0.2) is 64.9 Å². The maximum atomic E-state index is 12.3. The first-order chi connectivity index (χ1) is 32.1. The lowest BCUT2D eigenvalue weighted by Gasteiger charge is -2.18. The Bertz CT molecular complexity index is 1350. The second-order valence-electron chi connectivity index (χ2n) is 17.7. The van der Waals surface area contributed by atoms with Gasteiger partial charge in [-0.05, 0) is 57.8 Å². The lowest BCUT2D eigenvalue weighted by molar-refractivity contribution is -0.147. The first kappa shape index (κ1) is 63.2. The molecule has 0 rings (SSSR count). The summed E-state index contributed by atoms with van der Waals surface area (Å²) in [7, 11) is -4.77. The molecule has 0 aromatic carbocycles. The summed E-state index contributed by atoms with van der Waals surface area (Å²) in [4.78, 5) is 46.1. The minimum absolute atomic E-state index is 0.104. The number of carbonyl (C=O) groups excluding carboxylic acids is 2. The molecule has 12 heteroatoms. The molecule has 0 fully saturated rings. The molecule has 0 aliphatic heterocycles. The average molecular weight is 950 g/mol. The fourth-order valence-corrected chi connectivity index (χ4v) is 8.06. The number of aliphatic hydroxyl groups excluding tert-OH is 1. The molecule has 66 heavy (non-hydrogen) atoms. The number of amides is 1. The van der Waals surface area contributed by atoms with Crippen LogP contribution in [0.25, 0.3) is 0 Å². The van der Waals surface area contributed by atoms with Gasteiger partial charge in [0.25, 0.3) is 0 Å². The Morgan fingerprint density at radius 2 is 0.879 bits per heavy atom. The number of aliphatic carboxylic acids is 1. The summed E-state index contributed by atoms with van der Waals surface area (Å²) in [5, 5.41) is 21.9. The Morgan fingerprint density at radius 3 is 1.32 bits per heavy atom. The zero-order valence-electron chi connectivity index (χ0n) is 41.7. The summed E-state index contributed by atoms with van der Waals surface area (Å²) in [5.74, 6) is -2.41. The normalized spacial score (nSPS) is 14.0. The highest BCUT2D eigenvalue weighted by atomic mass is 31.2. The fourth-order valence-electron chi connectivity index (χ4n) is 7.28. The fraction of sp³-hybridized carbons (Fsp3) is 0.759. The molecule has 0 aliphatic carbocycles. The van der Waals surface area contributed by atoms with E-state index >= 15 is 0 Å². The first-order valence-corrected chi connectivity index (χ1v) is 27.8. The van der Waals surface area contributed by atoms with Crippen LogP contribution in [0.3, 0.4) is 0 Å². The Hall–Kier alpha value is -2.82. The minimum Gasteiger partial charge on any atom is -0.480 e. The van der Waals surface area contributed by atoms with E-state index in [9.17, 15) is 34.1 Å². The van der Waals surface area contributed by atoms with Crippen molar-refractivity contribution >= 4 is 25.7 Å². The van der Waals surface area contributed by atoms with Crippen molar-refractivity contribution < 1.29 is 47.8 Å². The van der Waals surface area contributed by atoms with Crippen molar-refractivity contribution in [1.29, 1.82) is 0 Å². The van der Waals surface area contributed by atoms with Gasteiger partial charge < -0.3 is 25.2 Å². The number of allylic oxidation sites excluding steroid dienone is 10. The molecular weight excluding hydrogens is 854 g/mol. The zero-order chi connectivity index (χ0) is 48.4. The van der Waals surface area contributed by atoms with Crippen molar-refractivity contribution in [2.45, 2.75) is 244 Å². The lowest BCUT2D eigenvalue weighted by Crippen LogP contribution is -2.43. The smallest absolute Gasteiger partial charge is 0.472 e. The maximum absolute atomic E-state index is 12.3. The van der Waals surface area contributed by atoms with E-state index in [-0.39, 0.29) is 12.8 Å². The molecular formula is C54H96NO10P. The Morgan fingerprint density at radius 1 is 0.500 bits per heavy atom. The van der Waals surface area contributed by atoms with Crippen LogP contribution >= 0.6 is 7.82 Å². The van der Waals surface area contributed by atoms with Crippen molar-refractivity contribution in [3.05, 3.63) is 60.8 Å². The van der Waals surface area contributed by atoms with Crippen LogP contribution in [0.4, 0.5) is 0 Å². The molecule has 0 saturated heterocycles. The van der Waals surface area contributed by atoms with Gasteiger partial charge in [0.1, 0.15) is 12.7 Å². The second-order valence-corrected chi connectivity index (χ2v) is 19.1. The summed E-state index contributed by atoms with van der Waals surface area (Å²) in [6, 6.07) is -1.57. The molecule has 0 radical (unpaired) electrons. The number of phosphoric acid groups is 1. The highest BCUT2D eigenvalue weighted by Gasteiger charge is 2.28. The van der Waals surface area contributed by atoms with E-state index in [1.165, 1.54) is 122 Å². The van der Waals surface area contributed by atoms with Crippen LogP contribution in [0.5, 0.6) is 0 Å². The standard InChI is InChI=1S/C54H96NO10P/c1-3-5-7-9-11-13-15-17-19-21-23-24-25-26-28-30-32-34-36-38-40-42-44-46-53(58)63-47-50(56)48-64-66(61,62)65-49-51(54(59)60)55-52(57)45-43-41-39-37-35-33-31-29-27-22-20-18-16-14-12-10-8-6-4-2/h6,8,12,14,18,20,27,29,33,35,50-51,56H,3-5,7,9-11,13,15-17,19,21-26,28,30-32,34,36-49H2,1-2H3,(H,55,57)(H,59,60)(H,61,62)/b8-6-,14-12-,20-18-,29-27-,35-33-. The van der Waals surface area contributed by atoms with Gasteiger partial charge in [0.2, 0.25) is 5.91 Å². The van der Waals surface area contributed by atoms with Gasteiger partial charge in [-0.15, -0.1) is 0 Å². The van der Waals surface area contributed by atoms with Crippen molar-refractivity contribution in [3.8, 4) is 0 Å². The van der Waals surface area contributed by atoms with Gasteiger partial charge in [-0.3, -0.25) is 18.6 Å². The third-order valence-corrected chi connectivity index (χ3v) is 12.3. The molecule has 1 amide bonds. The number of carboxylic acids is 1. The minimum atomic E-state index is -4.77. The molecule has 0 heterocycles. The average Bonchev–Trinajstić information content (AvgIpc) is 3.29. The van der Waals surface area contributed by atoms with E-state index in [1.807, 2.05) is 0 Å². The number of phosphoric ester groups is 1. The van der Waals surface area contributed by atoms with Crippen molar-refractivity contribution in [1.82, 2.24) is 5.32 Å². The number of ether oxygens (including phenoxy) is 1. The van der Waals surface area contributed by atoms with Gasteiger partial charge in [0.15, 0.2) is 6.04 Å².